The van der Waals surface area contributed by atoms with Gasteiger partial charge in [-0.05, 0) is 43.4 Å². The maximum absolute atomic E-state index is 6.23. The molecule has 1 atom stereocenters. The highest BCUT2D eigenvalue weighted by atomic mass is 35.5. The Balaban J connectivity index is 1.54. The topological polar surface area (TPSA) is 44.5 Å². The summed E-state index contributed by atoms with van der Waals surface area (Å²) in [6.45, 7) is 1.06. The number of hydrogen-bond acceptors (Lipinski definition) is 3. The van der Waals surface area contributed by atoms with Crippen molar-refractivity contribution in [2.45, 2.75) is 56.8 Å². The van der Waals surface area contributed by atoms with Crippen molar-refractivity contribution in [1.82, 2.24) is 0 Å². The Kier molecular flexibility index (Phi) is 4.20. The van der Waals surface area contributed by atoms with Gasteiger partial charge in [-0.15, -0.1) is 0 Å². The first-order valence-corrected chi connectivity index (χ1v) is 7.88. The molecule has 1 spiro atoms. The van der Waals surface area contributed by atoms with Crippen LogP contribution in [0.1, 0.15) is 44.1 Å². The van der Waals surface area contributed by atoms with Crippen molar-refractivity contribution in [3.8, 4) is 5.75 Å². The van der Waals surface area contributed by atoms with E-state index < -0.39 is 0 Å². The highest BCUT2D eigenvalue weighted by Gasteiger charge is 2.42. The third-order valence-electron chi connectivity index (χ3n) is 4.53. The lowest BCUT2D eigenvalue weighted by Gasteiger charge is -2.23. The van der Waals surface area contributed by atoms with E-state index in [4.69, 9.17) is 26.8 Å². The normalized spacial score (nSPS) is 24.4. The maximum Gasteiger partial charge on any atom is 0.120 e. The van der Waals surface area contributed by atoms with Crippen LogP contribution in [0.4, 0.5) is 0 Å². The average Bonchev–Trinajstić information content (AvgIpc) is 3.07. The molecular formula is C16H22ClNO2. The third kappa shape index (κ3) is 2.95. The lowest BCUT2D eigenvalue weighted by atomic mass is 9.98. The average molecular weight is 296 g/mol. The van der Waals surface area contributed by atoms with Crippen LogP contribution in [0.2, 0.25) is 5.02 Å². The minimum absolute atomic E-state index is 0.176. The smallest absolute Gasteiger partial charge is 0.120 e. The second kappa shape index (κ2) is 5.92. The fourth-order valence-corrected chi connectivity index (χ4v) is 3.62. The number of rotatable bonds is 4. The third-order valence-corrected chi connectivity index (χ3v) is 4.89. The van der Waals surface area contributed by atoms with E-state index in [1.54, 1.807) is 0 Å². The summed E-state index contributed by atoms with van der Waals surface area (Å²) in [5, 5.41) is 0.671. The quantitative estimate of drug-likeness (QED) is 0.922. The number of benzene rings is 1. The Morgan fingerprint density at radius 2 is 2.10 bits per heavy atom. The van der Waals surface area contributed by atoms with Crippen LogP contribution in [0.5, 0.6) is 5.75 Å². The van der Waals surface area contributed by atoms with Crippen molar-refractivity contribution in [1.29, 1.82) is 0 Å². The van der Waals surface area contributed by atoms with Crippen molar-refractivity contribution in [3.63, 3.8) is 0 Å². The highest BCUT2D eigenvalue weighted by Crippen LogP contribution is 2.43. The predicted octanol–water partition coefficient (Wildman–Crippen LogP) is 3.67. The monoisotopic (exact) mass is 295 g/mol. The van der Waals surface area contributed by atoms with Crippen LogP contribution in [0, 0.1) is 0 Å². The number of ether oxygens (including phenoxy) is 2. The van der Waals surface area contributed by atoms with Gasteiger partial charge in [0.05, 0.1) is 11.7 Å². The summed E-state index contributed by atoms with van der Waals surface area (Å²) in [5.41, 5.74) is 6.72. The minimum Gasteiger partial charge on any atom is -0.491 e. The molecule has 1 unspecified atom stereocenters. The minimum atomic E-state index is 0.176. The fourth-order valence-electron chi connectivity index (χ4n) is 3.37. The Morgan fingerprint density at radius 1 is 1.30 bits per heavy atom. The summed E-state index contributed by atoms with van der Waals surface area (Å²) in [6, 6.07) is 5.68. The molecule has 110 valence electrons. The molecule has 1 aromatic rings. The summed E-state index contributed by atoms with van der Waals surface area (Å²) in [7, 11) is 0. The van der Waals surface area contributed by atoms with Crippen molar-refractivity contribution in [2.24, 2.45) is 5.73 Å². The Hall–Kier alpha value is -0.770. The van der Waals surface area contributed by atoms with E-state index in [1.165, 1.54) is 32.1 Å². The van der Waals surface area contributed by atoms with Gasteiger partial charge < -0.3 is 15.2 Å². The van der Waals surface area contributed by atoms with Crippen LogP contribution in [0.15, 0.2) is 18.2 Å². The number of hydrogen-bond donors (Lipinski definition) is 1. The SMILES string of the molecule is NCc1ccc(OCC2CCC3(CCCC3)O2)cc1Cl. The molecule has 1 aromatic carbocycles. The molecule has 20 heavy (non-hydrogen) atoms. The molecule has 2 fully saturated rings. The molecule has 0 amide bonds. The van der Waals surface area contributed by atoms with Gasteiger partial charge in [-0.25, -0.2) is 0 Å². The Labute approximate surface area is 125 Å². The van der Waals surface area contributed by atoms with Crippen LogP contribution in [-0.2, 0) is 11.3 Å². The first-order valence-electron chi connectivity index (χ1n) is 7.50. The molecule has 1 aliphatic heterocycles. The summed E-state index contributed by atoms with van der Waals surface area (Å²) in [5.74, 6) is 0.795. The van der Waals surface area contributed by atoms with Crippen molar-refractivity contribution >= 4 is 11.6 Å². The summed E-state index contributed by atoms with van der Waals surface area (Å²) in [4.78, 5) is 0. The van der Waals surface area contributed by atoms with Gasteiger partial charge in [-0.1, -0.05) is 30.5 Å². The van der Waals surface area contributed by atoms with Gasteiger partial charge in [0.15, 0.2) is 0 Å². The molecule has 1 saturated carbocycles. The molecule has 2 N–H and O–H groups in total. The molecule has 3 rings (SSSR count). The van der Waals surface area contributed by atoms with Crippen LogP contribution >= 0.6 is 11.6 Å². The van der Waals surface area contributed by atoms with E-state index in [0.717, 1.165) is 17.7 Å². The van der Waals surface area contributed by atoms with Crippen LogP contribution in [0.3, 0.4) is 0 Å². The zero-order valence-electron chi connectivity index (χ0n) is 11.7. The predicted molar refractivity (Wildman–Crippen MR) is 80.1 cm³/mol. The number of halogens is 1. The zero-order chi connectivity index (χ0) is 14.0. The lowest BCUT2D eigenvalue weighted by Crippen LogP contribution is -2.27. The van der Waals surface area contributed by atoms with Crippen LogP contribution < -0.4 is 10.5 Å². The van der Waals surface area contributed by atoms with Gasteiger partial charge in [0.2, 0.25) is 0 Å². The van der Waals surface area contributed by atoms with Crippen molar-refractivity contribution < 1.29 is 9.47 Å². The van der Waals surface area contributed by atoms with E-state index in [2.05, 4.69) is 0 Å². The summed E-state index contributed by atoms with van der Waals surface area (Å²) >= 11 is 6.13. The van der Waals surface area contributed by atoms with Crippen LogP contribution in [0.25, 0.3) is 0 Å². The molecule has 0 aromatic heterocycles. The molecule has 2 aliphatic rings. The van der Waals surface area contributed by atoms with Crippen LogP contribution in [-0.4, -0.2) is 18.3 Å². The lowest BCUT2D eigenvalue weighted by molar-refractivity contribution is -0.0508. The molecule has 1 heterocycles. The van der Waals surface area contributed by atoms with Gasteiger partial charge >= 0.3 is 0 Å². The maximum atomic E-state index is 6.23. The van der Waals surface area contributed by atoms with E-state index in [9.17, 15) is 0 Å². The van der Waals surface area contributed by atoms with Crippen molar-refractivity contribution in [3.05, 3.63) is 28.8 Å². The van der Waals surface area contributed by atoms with E-state index >= 15 is 0 Å². The van der Waals surface area contributed by atoms with Crippen molar-refractivity contribution in [2.75, 3.05) is 6.61 Å². The molecule has 3 nitrogen and oxygen atoms in total. The zero-order valence-corrected chi connectivity index (χ0v) is 12.5. The molecular weight excluding hydrogens is 274 g/mol. The second-order valence-electron chi connectivity index (χ2n) is 5.94. The largest absolute Gasteiger partial charge is 0.491 e. The van der Waals surface area contributed by atoms with Gasteiger partial charge in [-0.3, -0.25) is 0 Å². The van der Waals surface area contributed by atoms with Gasteiger partial charge in [0.1, 0.15) is 12.4 Å². The molecule has 0 bridgehead atoms. The standard InChI is InChI=1S/C16H22ClNO2/c17-15-9-13(4-3-12(15)10-18)19-11-14-5-8-16(20-14)6-1-2-7-16/h3-4,9,14H,1-2,5-8,10-11,18H2. The summed E-state index contributed by atoms with van der Waals surface area (Å²) < 4.78 is 12.1. The first-order chi connectivity index (χ1) is 9.71. The first kappa shape index (κ1) is 14.2. The summed E-state index contributed by atoms with van der Waals surface area (Å²) in [6.07, 6.45) is 7.58. The van der Waals surface area contributed by atoms with E-state index in [0.29, 0.717) is 18.2 Å². The van der Waals surface area contributed by atoms with Gasteiger partial charge in [0, 0.05) is 11.6 Å². The van der Waals surface area contributed by atoms with Gasteiger partial charge in [0.25, 0.3) is 0 Å². The molecule has 1 saturated heterocycles. The Morgan fingerprint density at radius 3 is 2.80 bits per heavy atom. The molecule has 1 aliphatic carbocycles. The Bertz CT molecular complexity index is 472. The molecule has 0 radical (unpaired) electrons. The second-order valence-corrected chi connectivity index (χ2v) is 6.34. The number of nitrogens with two attached hydrogens (primary N) is 1. The van der Waals surface area contributed by atoms with E-state index in [-0.39, 0.29) is 11.7 Å². The fraction of sp³-hybridized carbons (Fsp3) is 0.625. The van der Waals surface area contributed by atoms with Gasteiger partial charge in [-0.2, -0.15) is 0 Å². The van der Waals surface area contributed by atoms with E-state index in [1.807, 2.05) is 18.2 Å². The molecule has 4 heteroatoms. The highest BCUT2D eigenvalue weighted by molar-refractivity contribution is 6.31.